The number of halogens is 5. The van der Waals surface area contributed by atoms with E-state index in [-0.39, 0.29) is 34.0 Å². The number of benzene rings is 2. The third kappa shape index (κ3) is 4.52. The molecule has 1 unspecified atom stereocenters. The maximum atomic E-state index is 13.1. The number of fused-ring (bicyclic) bond motifs is 1. The number of imidazole rings is 1. The quantitative estimate of drug-likeness (QED) is 0.276. The minimum Gasteiger partial charge on any atom is -0.387 e. The Labute approximate surface area is 192 Å². The van der Waals surface area contributed by atoms with Crippen LogP contribution in [0.25, 0.3) is 22.4 Å². The SMILES string of the molecule is O=c1[nH]ccc(NCC(O)c2cccc(Br)c2)c1-c1nc2c(Cl)cc(C(F)(F)F)cc2[nH]1. The summed E-state index contributed by atoms with van der Waals surface area (Å²) in [7, 11) is 0. The predicted octanol–water partition coefficient (Wildman–Crippen LogP) is 5.50. The summed E-state index contributed by atoms with van der Waals surface area (Å²) in [5.74, 6) is 0.0440. The number of nitrogens with one attached hydrogen (secondary N) is 3. The molecule has 0 bridgehead atoms. The summed E-state index contributed by atoms with van der Waals surface area (Å²) in [6.07, 6.45) is -4.04. The minimum atomic E-state index is -4.58. The van der Waals surface area contributed by atoms with Crippen molar-refractivity contribution in [1.82, 2.24) is 15.0 Å². The van der Waals surface area contributed by atoms with Gasteiger partial charge in [0, 0.05) is 17.2 Å². The summed E-state index contributed by atoms with van der Waals surface area (Å²) in [5.41, 5.74) is -0.209. The van der Waals surface area contributed by atoms with Crippen molar-refractivity contribution in [2.24, 2.45) is 0 Å². The van der Waals surface area contributed by atoms with Gasteiger partial charge in [-0.1, -0.05) is 39.7 Å². The van der Waals surface area contributed by atoms with Gasteiger partial charge in [-0.25, -0.2) is 4.98 Å². The zero-order valence-electron chi connectivity index (χ0n) is 16.1. The number of nitrogens with zero attached hydrogens (tertiary/aromatic N) is 1. The molecule has 0 radical (unpaired) electrons. The number of aliphatic hydroxyl groups is 1. The molecule has 2 aromatic heterocycles. The predicted molar refractivity (Wildman–Crippen MR) is 120 cm³/mol. The number of hydrogen-bond donors (Lipinski definition) is 4. The van der Waals surface area contributed by atoms with E-state index in [9.17, 15) is 23.1 Å². The van der Waals surface area contributed by atoms with Crippen molar-refractivity contribution in [3.8, 4) is 11.4 Å². The smallest absolute Gasteiger partial charge is 0.387 e. The number of rotatable bonds is 5. The molecule has 4 aromatic rings. The van der Waals surface area contributed by atoms with Gasteiger partial charge in [0.2, 0.25) is 0 Å². The lowest BCUT2D eigenvalue weighted by atomic mass is 10.1. The van der Waals surface area contributed by atoms with E-state index in [2.05, 4.69) is 36.2 Å². The number of H-pyrrole nitrogens is 2. The highest BCUT2D eigenvalue weighted by atomic mass is 79.9. The second-order valence-electron chi connectivity index (χ2n) is 6.98. The molecule has 2 aromatic carbocycles. The van der Waals surface area contributed by atoms with Crippen LogP contribution in [-0.4, -0.2) is 26.6 Å². The largest absolute Gasteiger partial charge is 0.416 e. The minimum absolute atomic E-state index is 0.0440. The second-order valence-corrected chi connectivity index (χ2v) is 8.31. The van der Waals surface area contributed by atoms with Gasteiger partial charge >= 0.3 is 6.18 Å². The number of alkyl halides is 3. The van der Waals surface area contributed by atoms with Crippen LogP contribution in [0.3, 0.4) is 0 Å². The summed E-state index contributed by atoms with van der Waals surface area (Å²) in [5, 5.41) is 13.3. The molecule has 32 heavy (non-hydrogen) atoms. The third-order valence-electron chi connectivity index (χ3n) is 4.78. The van der Waals surface area contributed by atoms with Gasteiger partial charge < -0.3 is 20.4 Å². The van der Waals surface area contributed by atoms with E-state index >= 15 is 0 Å². The molecule has 11 heteroatoms. The Morgan fingerprint density at radius 2 is 2.00 bits per heavy atom. The van der Waals surface area contributed by atoms with E-state index in [0.717, 1.165) is 16.6 Å². The molecule has 0 amide bonds. The fourth-order valence-electron chi connectivity index (χ4n) is 3.26. The molecule has 166 valence electrons. The zero-order valence-corrected chi connectivity index (χ0v) is 18.4. The van der Waals surface area contributed by atoms with Crippen molar-refractivity contribution >= 4 is 44.3 Å². The molecule has 0 saturated heterocycles. The van der Waals surface area contributed by atoms with E-state index in [1.54, 1.807) is 24.3 Å². The molecule has 0 saturated carbocycles. The number of aliphatic hydroxyl groups excluding tert-OH is 1. The average Bonchev–Trinajstić information content (AvgIpc) is 3.15. The Bertz CT molecular complexity index is 1350. The van der Waals surface area contributed by atoms with Crippen LogP contribution >= 0.6 is 27.5 Å². The lowest BCUT2D eigenvalue weighted by molar-refractivity contribution is -0.137. The van der Waals surface area contributed by atoms with Crippen LogP contribution in [0.15, 0.2) is 57.9 Å². The Morgan fingerprint density at radius 3 is 2.72 bits per heavy atom. The van der Waals surface area contributed by atoms with Crippen molar-refractivity contribution in [3.05, 3.63) is 79.6 Å². The lowest BCUT2D eigenvalue weighted by Crippen LogP contribution is -2.17. The van der Waals surface area contributed by atoms with E-state index in [4.69, 9.17) is 11.6 Å². The average molecular weight is 528 g/mol. The molecule has 2 heterocycles. The van der Waals surface area contributed by atoms with E-state index in [1.165, 1.54) is 6.20 Å². The molecule has 1 atom stereocenters. The molecule has 4 N–H and O–H groups in total. The van der Waals surface area contributed by atoms with E-state index < -0.39 is 23.4 Å². The highest BCUT2D eigenvalue weighted by Gasteiger charge is 2.32. The molecule has 6 nitrogen and oxygen atoms in total. The number of anilines is 1. The molecular weight excluding hydrogens is 513 g/mol. The molecule has 0 aliphatic carbocycles. The molecular formula is C21H15BrClF3N4O2. The van der Waals surface area contributed by atoms with Crippen molar-refractivity contribution in [2.75, 3.05) is 11.9 Å². The van der Waals surface area contributed by atoms with E-state index in [0.29, 0.717) is 11.3 Å². The van der Waals surface area contributed by atoms with Crippen LogP contribution in [0, 0.1) is 0 Å². The summed E-state index contributed by atoms with van der Waals surface area (Å²) in [6.45, 7) is 0.0755. The van der Waals surface area contributed by atoms with Gasteiger partial charge in [-0.15, -0.1) is 0 Å². The highest BCUT2D eigenvalue weighted by Crippen LogP contribution is 2.35. The monoisotopic (exact) mass is 526 g/mol. The highest BCUT2D eigenvalue weighted by molar-refractivity contribution is 9.10. The maximum Gasteiger partial charge on any atom is 0.416 e. The summed E-state index contributed by atoms with van der Waals surface area (Å²) < 4.78 is 40.1. The van der Waals surface area contributed by atoms with Gasteiger partial charge in [0.25, 0.3) is 5.56 Å². The molecule has 0 spiro atoms. The Hall–Kier alpha value is -2.82. The zero-order chi connectivity index (χ0) is 23.0. The first-order valence-corrected chi connectivity index (χ1v) is 10.5. The lowest BCUT2D eigenvalue weighted by Gasteiger charge is -2.15. The van der Waals surface area contributed by atoms with Gasteiger partial charge in [-0.3, -0.25) is 4.79 Å². The Kier molecular flexibility index (Phi) is 6.02. The maximum absolute atomic E-state index is 13.1. The van der Waals surface area contributed by atoms with Crippen LogP contribution in [0.2, 0.25) is 5.02 Å². The standard InChI is InChI=1S/C21H15BrClF3N4O2/c22-12-3-1-2-10(6-12)16(31)9-28-14-4-5-27-20(32)17(14)19-29-15-8-11(21(24,25)26)7-13(23)18(15)30-19/h1-8,16,31H,9H2,(H,29,30)(H2,27,28,32). The van der Waals surface area contributed by atoms with Gasteiger partial charge in [0.15, 0.2) is 0 Å². The van der Waals surface area contributed by atoms with Gasteiger partial charge in [-0.05, 0) is 35.9 Å². The number of aromatic nitrogens is 3. The fraction of sp³-hybridized carbons (Fsp3) is 0.143. The third-order valence-corrected chi connectivity index (χ3v) is 5.57. The molecule has 0 aliphatic heterocycles. The van der Waals surface area contributed by atoms with Crippen LogP contribution in [-0.2, 0) is 6.18 Å². The van der Waals surface area contributed by atoms with Crippen molar-refractivity contribution < 1.29 is 18.3 Å². The summed E-state index contributed by atoms with van der Waals surface area (Å²) in [4.78, 5) is 22.1. The first kappa shape index (κ1) is 22.4. The summed E-state index contributed by atoms with van der Waals surface area (Å²) in [6, 6.07) is 10.4. The first-order chi connectivity index (χ1) is 15.1. The van der Waals surface area contributed by atoms with Gasteiger partial charge in [-0.2, -0.15) is 13.2 Å². The number of pyridine rings is 1. The summed E-state index contributed by atoms with van der Waals surface area (Å²) >= 11 is 9.36. The van der Waals surface area contributed by atoms with E-state index in [1.807, 2.05) is 6.07 Å². The van der Waals surface area contributed by atoms with Crippen molar-refractivity contribution in [1.29, 1.82) is 0 Å². The van der Waals surface area contributed by atoms with Crippen LogP contribution in [0.1, 0.15) is 17.2 Å². The first-order valence-electron chi connectivity index (χ1n) is 9.29. The Morgan fingerprint density at radius 1 is 1.22 bits per heavy atom. The number of aromatic amines is 2. The molecule has 0 aliphatic rings. The molecule has 4 rings (SSSR count). The van der Waals surface area contributed by atoms with Crippen LogP contribution in [0.4, 0.5) is 18.9 Å². The Balaban J connectivity index is 1.69. The normalized spacial score (nSPS) is 12.8. The van der Waals surface area contributed by atoms with Crippen LogP contribution < -0.4 is 10.9 Å². The van der Waals surface area contributed by atoms with Crippen molar-refractivity contribution in [3.63, 3.8) is 0 Å². The topological polar surface area (TPSA) is 93.8 Å². The molecule has 0 fully saturated rings. The van der Waals surface area contributed by atoms with Gasteiger partial charge in [0.05, 0.1) is 27.9 Å². The van der Waals surface area contributed by atoms with Crippen LogP contribution in [0.5, 0.6) is 0 Å². The van der Waals surface area contributed by atoms with Crippen molar-refractivity contribution in [2.45, 2.75) is 12.3 Å². The van der Waals surface area contributed by atoms with Gasteiger partial charge in [0.1, 0.15) is 16.9 Å². The second kappa shape index (κ2) is 8.61. The fourth-order valence-corrected chi connectivity index (χ4v) is 3.94. The number of hydrogen-bond acceptors (Lipinski definition) is 4.